The first-order chi connectivity index (χ1) is 9.58. The molecule has 106 valence electrons. The predicted molar refractivity (Wildman–Crippen MR) is 84.4 cm³/mol. The molecule has 2 aromatic rings. The third-order valence-corrected chi connectivity index (χ3v) is 3.26. The number of benzene rings is 1. The molecule has 1 aromatic carbocycles. The lowest BCUT2D eigenvalue weighted by Gasteiger charge is -2.14. The van der Waals surface area contributed by atoms with Crippen molar-refractivity contribution in [2.24, 2.45) is 0 Å². The summed E-state index contributed by atoms with van der Waals surface area (Å²) in [5.74, 6) is 1.16. The van der Waals surface area contributed by atoms with Gasteiger partial charge in [-0.25, -0.2) is 4.98 Å². The summed E-state index contributed by atoms with van der Waals surface area (Å²) in [6.45, 7) is 3.95. The minimum atomic E-state index is -0.0759. The van der Waals surface area contributed by atoms with Crippen molar-refractivity contribution in [3.8, 4) is 0 Å². The molecular weight excluding hydrogens is 320 g/mol. The fourth-order valence-corrected chi connectivity index (χ4v) is 1.97. The van der Waals surface area contributed by atoms with Crippen LogP contribution in [0.4, 0.5) is 17.5 Å². The molecule has 0 aliphatic rings. The Balaban J connectivity index is 2.18. The second-order valence-electron chi connectivity index (χ2n) is 4.61. The highest BCUT2D eigenvalue weighted by Crippen LogP contribution is 2.22. The summed E-state index contributed by atoms with van der Waals surface area (Å²) < 4.78 is 0.757. The van der Waals surface area contributed by atoms with E-state index in [4.69, 9.17) is 5.11 Å². The normalized spacial score (nSPS) is 12.0. The predicted octanol–water partition coefficient (Wildman–Crippen LogP) is 3.08. The molecule has 1 aromatic heterocycles. The fraction of sp³-hybridized carbons (Fsp3) is 0.286. The second-order valence-corrected chi connectivity index (χ2v) is 5.47. The molecule has 0 amide bonds. The largest absolute Gasteiger partial charge is 0.394 e. The Hall–Kier alpha value is -1.66. The summed E-state index contributed by atoms with van der Waals surface area (Å²) >= 11 is 3.39. The van der Waals surface area contributed by atoms with Crippen LogP contribution >= 0.6 is 15.9 Å². The first-order valence-corrected chi connectivity index (χ1v) is 7.11. The molecule has 0 fully saturated rings. The van der Waals surface area contributed by atoms with Gasteiger partial charge in [0, 0.05) is 17.9 Å². The standard InChI is InChI=1S/C14H17BrN4O/c1-9-4-3-5-11(6-9)18-14-16-7-12(15)13(19-14)17-10(2)8-20/h3-7,10,20H,8H2,1-2H3,(H2,16,17,18,19). The molecule has 0 radical (unpaired) electrons. The van der Waals surface area contributed by atoms with Crippen molar-refractivity contribution in [1.29, 1.82) is 0 Å². The lowest BCUT2D eigenvalue weighted by molar-refractivity contribution is 0.281. The van der Waals surface area contributed by atoms with Gasteiger partial charge in [0.2, 0.25) is 5.95 Å². The van der Waals surface area contributed by atoms with E-state index in [1.807, 2.05) is 38.1 Å². The minimum absolute atomic E-state index is 0.0388. The van der Waals surface area contributed by atoms with E-state index in [1.54, 1.807) is 6.20 Å². The molecule has 3 N–H and O–H groups in total. The summed E-state index contributed by atoms with van der Waals surface area (Å²) in [6, 6.07) is 7.91. The van der Waals surface area contributed by atoms with Crippen LogP contribution in [0.2, 0.25) is 0 Å². The number of aliphatic hydroxyl groups excluding tert-OH is 1. The topological polar surface area (TPSA) is 70.1 Å². The molecule has 0 aliphatic heterocycles. The van der Waals surface area contributed by atoms with E-state index in [-0.39, 0.29) is 12.6 Å². The highest BCUT2D eigenvalue weighted by Gasteiger charge is 2.08. The van der Waals surface area contributed by atoms with Gasteiger partial charge < -0.3 is 15.7 Å². The molecule has 5 nitrogen and oxygen atoms in total. The number of rotatable bonds is 5. The Labute approximate surface area is 126 Å². The highest BCUT2D eigenvalue weighted by molar-refractivity contribution is 9.10. The summed E-state index contributed by atoms with van der Waals surface area (Å²) in [5, 5.41) is 15.4. The van der Waals surface area contributed by atoms with Gasteiger partial charge in [0.05, 0.1) is 11.1 Å². The van der Waals surface area contributed by atoms with Gasteiger partial charge in [-0.15, -0.1) is 0 Å². The summed E-state index contributed by atoms with van der Waals surface area (Å²) in [7, 11) is 0. The summed E-state index contributed by atoms with van der Waals surface area (Å²) in [4.78, 5) is 8.62. The molecule has 1 atom stereocenters. The number of aromatic nitrogens is 2. The van der Waals surface area contributed by atoms with Crippen LogP contribution in [-0.2, 0) is 0 Å². The van der Waals surface area contributed by atoms with E-state index in [1.165, 1.54) is 5.56 Å². The van der Waals surface area contributed by atoms with E-state index < -0.39 is 0 Å². The number of anilines is 3. The van der Waals surface area contributed by atoms with Gasteiger partial charge in [0.25, 0.3) is 0 Å². The highest BCUT2D eigenvalue weighted by atomic mass is 79.9. The van der Waals surface area contributed by atoms with Crippen molar-refractivity contribution >= 4 is 33.4 Å². The molecule has 0 aliphatic carbocycles. The zero-order chi connectivity index (χ0) is 14.5. The molecular formula is C14H17BrN4O. The Kier molecular flexibility index (Phi) is 4.92. The Morgan fingerprint density at radius 1 is 1.40 bits per heavy atom. The zero-order valence-corrected chi connectivity index (χ0v) is 13.0. The minimum Gasteiger partial charge on any atom is -0.394 e. The van der Waals surface area contributed by atoms with Crippen LogP contribution in [0.15, 0.2) is 34.9 Å². The first-order valence-electron chi connectivity index (χ1n) is 6.32. The number of nitrogens with one attached hydrogen (secondary N) is 2. The maximum atomic E-state index is 9.09. The van der Waals surface area contributed by atoms with Gasteiger partial charge in [-0.3, -0.25) is 0 Å². The van der Waals surface area contributed by atoms with Gasteiger partial charge >= 0.3 is 0 Å². The Morgan fingerprint density at radius 3 is 2.90 bits per heavy atom. The molecule has 0 spiro atoms. The van der Waals surface area contributed by atoms with E-state index >= 15 is 0 Å². The third-order valence-electron chi connectivity index (χ3n) is 2.68. The van der Waals surface area contributed by atoms with Gasteiger partial charge in [-0.1, -0.05) is 12.1 Å². The molecule has 0 saturated carbocycles. The van der Waals surface area contributed by atoms with E-state index in [9.17, 15) is 0 Å². The van der Waals surface area contributed by atoms with Crippen LogP contribution in [0.3, 0.4) is 0 Å². The smallest absolute Gasteiger partial charge is 0.229 e. The zero-order valence-electron chi connectivity index (χ0n) is 11.4. The van der Waals surface area contributed by atoms with Crippen LogP contribution in [-0.4, -0.2) is 27.7 Å². The molecule has 0 bridgehead atoms. The lowest BCUT2D eigenvalue weighted by Crippen LogP contribution is -2.20. The van der Waals surface area contributed by atoms with Crippen LogP contribution in [0.25, 0.3) is 0 Å². The fourth-order valence-electron chi connectivity index (χ4n) is 1.66. The van der Waals surface area contributed by atoms with E-state index in [2.05, 4.69) is 36.5 Å². The molecule has 2 rings (SSSR count). The second kappa shape index (κ2) is 6.67. The lowest BCUT2D eigenvalue weighted by atomic mass is 10.2. The van der Waals surface area contributed by atoms with E-state index in [0.29, 0.717) is 11.8 Å². The molecule has 20 heavy (non-hydrogen) atoms. The molecule has 6 heteroatoms. The van der Waals surface area contributed by atoms with Gasteiger partial charge in [0.1, 0.15) is 5.82 Å². The number of hydrogen-bond acceptors (Lipinski definition) is 5. The van der Waals surface area contributed by atoms with Crippen molar-refractivity contribution in [2.75, 3.05) is 17.2 Å². The Bertz CT molecular complexity index is 591. The summed E-state index contributed by atoms with van der Waals surface area (Å²) in [5.41, 5.74) is 2.10. The van der Waals surface area contributed by atoms with Crippen molar-refractivity contribution in [2.45, 2.75) is 19.9 Å². The average Bonchev–Trinajstić information content (AvgIpc) is 2.42. The molecule has 0 saturated heterocycles. The number of hydrogen-bond donors (Lipinski definition) is 3. The SMILES string of the molecule is Cc1cccc(Nc2ncc(Br)c(NC(C)CO)n2)c1. The third kappa shape index (κ3) is 3.91. The quantitative estimate of drug-likeness (QED) is 0.782. The van der Waals surface area contributed by atoms with Crippen molar-refractivity contribution in [3.05, 3.63) is 40.5 Å². The molecule has 1 unspecified atom stereocenters. The van der Waals surface area contributed by atoms with Gasteiger partial charge in [-0.05, 0) is 47.5 Å². The van der Waals surface area contributed by atoms with Crippen LogP contribution in [0.1, 0.15) is 12.5 Å². The average molecular weight is 337 g/mol. The number of aliphatic hydroxyl groups is 1. The van der Waals surface area contributed by atoms with Crippen molar-refractivity contribution < 1.29 is 5.11 Å². The Morgan fingerprint density at radius 2 is 2.20 bits per heavy atom. The molecule has 1 heterocycles. The van der Waals surface area contributed by atoms with Crippen LogP contribution < -0.4 is 10.6 Å². The van der Waals surface area contributed by atoms with Crippen LogP contribution in [0.5, 0.6) is 0 Å². The number of nitrogens with zero attached hydrogens (tertiary/aromatic N) is 2. The maximum Gasteiger partial charge on any atom is 0.229 e. The van der Waals surface area contributed by atoms with E-state index in [0.717, 1.165) is 10.2 Å². The number of halogens is 1. The van der Waals surface area contributed by atoms with Gasteiger partial charge in [-0.2, -0.15) is 4.98 Å². The number of aryl methyl sites for hydroxylation is 1. The van der Waals surface area contributed by atoms with Crippen molar-refractivity contribution in [3.63, 3.8) is 0 Å². The summed E-state index contributed by atoms with van der Waals surface area (Å²) in [6.07, 6.45) is 1.68. The first kappa shape index (κ1) is 14.7. The van der Waals surface area contributed by atoms with Crippen LogP contribution in [0, 0.1) is 6.92 Å². The van der Waals surface area contributed by atoms with Gasteiger partial charge in [0.15, 0.2) is 0 Å². The monoisotopic (exact) mass is 336 g/mol. The van der Waals surface area contributed by atoms with Crippen molar-refractivity contribution in [1.82, 2.24) is 9.97 Å². The maximum absolute atomic E-state index is 9.09.